The molecular weight excluding hydrogens is 234 g/mol. The molecule has 3 heteroatoms. The monoisotopic (exact) mass is 261 g/mol. The van der Waals surface area contributed by atoms with Crippen LogP contribution < -0.4 is 5.73 Å². The standard InChI is InChI=1S/C16H27N3/c1-14(2)19-11-9-18(10-12-19)13-16-6-4-3-5-15(16)7-8-17/h3-6,14H,7-13,17H2,1-2H3. The molecule has 0 amide bonds. The maximum Gasteiger partial charge on any atom is 0.0237 e. The smallest absolute Gasteiger partial charge is 0.0237 e. The Morgan fingerprint density at radius 2 is 1.68 bits per heavy atom. The second kappa shape index (κ2) is 7.04. The molecule has 0 unspecified atom stereocenters. The van der Waals surface area contributed by atoms with Gasteiger partial charge in [-0.25, -0.2) is 0 Å². The summed E-state index contributed by atoms with van der Waals surface area (Å²) in [7, 11) is 0. The molecule has 1 heterocycles. The van der Waals surface area contributed by atoms with E-state index in [0.717, 1.165) is 19.5 Å². The number of nitrogens with zero attached hydrogens (tertiary/aromatic N) is 2. The van der Waals surface area contributed by atoms with E-state index in [1.165, 1.54) is 37.3 Å². The van der Waals surface area contributed by atoms with Crippen molar-refractivity contribution in [1.82, 2.24) is 9.80 Å². The lowest BCUT2D eigenvalue weighted by Crippen LogP contribution is -2.48. The van der Waals surface area contributed by atoms with E-state index < -0.39 is 0 Å². The first-order valence-electron chi connectivity index (χ1n) is 7.44. The minimum Gasteiger partial charge on any atom is -0.330 e. The summed E-state index contributed by atoms with van der Waals surface area (Å²) in [5, 5.41) is 0. The van der Waals surface area contributed by atoms with E-state index in [1.54, 1.807) is 0 Å². The Labute approximate surface area is 117 Å². The highest BCUT2D eigenvalue weighted by Gasteiger charge is 2.19. The molecule has 2 rings (SSSR count). The van der Waals surface area contributed by atoms with Crippen molar-refractivity contribution in [2.75, 3.05) is 32.7 Å². The van der Waals surface area contributed by atoms with E-state index in [9.17, 15) is 0 Å². The van der Waals surface area contributed by atoms with Gasteiger partial charge in [0.25, 0.3) is 0 Å². The van der Waals surface area contributed by atoms with Crippen molar-refractivity contribution in [3.05, 3.63) is 35.4 Å². The molecule has 0 atom stereocenters. The van der Waals surface area contributed by atoms with Crippen LogP contribution in [0.4, 0.5) is 0 Å². The molecule has 1 aromatic carbocycles. The lowest BCUT2D eigenvalue weighted by Gasteiger charge is -2.37. The lowest BCUT2D eigenvalue weighted by atomic mass is 10.0. The lowest BCUT2D eigenvalue weighted by molar-refractivity contribution is 0.104. The molecule has 1 saturated heterocycles. The Kier molecular flexibility index (Phi) is 5.37. The summed E-state index contributed by atoms with van der Waals surface area (Å²) < 4.78 is 0. The van der Waals surface area contributed by atoms with Crippen LogP contribution in [0.1, 0.15) is 25.0 Å². The van der Waals surface area contributed by atoms with Crippen LogP contribution in [0.3, 0.4) is 0 Å². The van der Waals surface area contributed by atoms with Gasteiger partial charge in [-0.1, -0.05) is 24.3 Å². The van der Waals surface area contributed by atoms with Crippen LogP contribution in [0.5, 0.6) is 0 Å². The minimum absolute atomic E-state index is 0.673. The van der Waals surface area contributed by atoms with E-state index in [2.05, 4.69) is 47.9 Å². The molecule has 1 aliphatic rings. The third-order valence-corrected chi connectivity index (χ3v) is 4.06. The van der Waals surface area contributed by atoms with Gasteiger partial charge >= 0.3 is 0 Å². The maximum atomic E-state index is 5.69. The second-order valence-corrected chi connectivity index (χ2v) is 5.71. The Hall–Kier alpha value is -0.900. The molecule has 1 aliphatic heterocycles. The van der Waals surface area contributed by atoms with Crippen LogP contribution in [0.25, 0.3) is 0 Å². The molecule has 0 aliphatic carbocycles. The summed E-state index contributed by atoms with van der Waals surface area (Å²) in [6.07, 6.45) is 0.988. The van der Waals surface area contributed by atoms with Crippen LogP contribution in [0.2, 0.25) is 0 Å². The van der Waals surface area contributed by atoms with Gasteiger partial charge in [0.1, 0.15) is 0 Å². The van der Waals surface area contributed by atoms with E-state index in [4.69, 9.17) is 5.73 Å². The molecular formula is C16H27N3. The summed E-state index contributed by atoms with van der Waals surface area (Å²) in [6.45, 7) is 11.1. The van der Waals surface area contributed by atoms with Gasteiger partial charge in [0.15, 0.2) is 0 Å². The Balaban J connectivity index is 1.92. The third-order valence-electron chi connectivity index (χ3n) is 4.06. The first kappa shape index (κ1) is 14.5. The van der Waals surface area contributed by atoms with Crippen molar-refractivity contribution in [3.8, 4) is 0 Å². The van der Waals surface area contributed by atoms with E-state index in [-0.39, 0.29) is 0 Å². The van der Waals surface area contributed by atoms with Crippen molar-refractivity contribution < 1.29 is 0 Å². The van der Waals surface area contributed by atoms with Crippen LogP contribution in [-0.2, 0) is 13.0 Å². The molecule has 0 spiro atoms. The summed E-state index contributed by atoms with van der Waals surface area (Å²) in [4.78, 5) is 5.12. The van der Waals surface area contributed by atoms with Gasteiger partial charge < -0.3 is 5.73 Å². The molecule has 3 nitrogen and oxygen atoms in total. The predicted molar refractivity (Wildman–Crippen MR) is 81.2 cm³/mol. The molecule has 0 bridgehead atoms. The Bertz CT molecular complexity index is 381. The number of hydrogen-bond acceptors (Lipinski definition) is 3. The van der Waals surface area contributed by atoms with Crippen molar-refractivity contribution in [3.63, 3.8) is 0 Å². The number of nitrogens with two attached hydrogens (primary N) is 1. The van der Waals surface area contributed by atoms with Crippen molar-refractivity contribution in [1.29, 1.82) is 0 Å². The van der Waals surface area contributed by atoms with Gasteiger partial charge in [-0.2, -0.15) is 0 Å². The quantitative estimate of drug-likeness (QED) is 0.876. The van der Waals surface area contributed by atoms with E-state index in [1.807, 2.05) is 0 Å². The molecule has 1 fully saturated rings. The zero-order valence-electron chi connectivity index (χ0n) is 12.3. The van der Waals surface area contributed by atoms with Crippen molar-refractivity contribution >= 4 is 0 Å². The minimum atomic E-state index is 0.673. The average molecular weight is 261 g/mol. The fraction of sp³-hybridized carbons (Fsp3) is 0.625. The van der Waals surface area contributed by atoms with E-state index >= 15 is 0 Å². The normalized spacial score (nSPS) is 18.1. The van der Waals surface area contributed by atoms with Crippen LogP contribution >= 0.6 is 0 Å². The Morgan fingerprint density at radius 3 is 2.26 bits per heavy atom. The molecule has 2 N–H and O–H groups in total. The predicted octanol–water partition coefficient (Wildman–Crippen LogP) is 1.71. The number of hydrogen-bond donors (Lipinski definition) is 1. The fourth-order valence-corrected chi connectivity index (χ4v) is 2.79. The van der Waals surface area contributed by atoms with Crippen molar-refractivity contribution in [2.24, 2.45) is 5.73 Å². The van der Waals surface area contributed by atoms with Gasteiger partial charge in [0, 0.05) is 38.8 Å². The number of benzene rings is 1. The first-order valence-corrected chi connectivity index (χ1v) is 7.44. The largest absolute Gasteiger partial charge is 0.330 e. The second-order valence-electron chi connectivity index (χ2n) is 5.71. The molecule has 0 saturated carbocycles. The van der Waals surface area contributed by atoms with Gasteiger partial charge in [0.2, 0.25) is 0 Å². The average Bonchev–Trinajstić information content (AvgIpc) is 2.42. The summed E-state index contributed by atoms with van der Waals surface area (Å²) in [5.74, 6) is 0. The van der Waals surface area contributed by atoms with Crippen molar-refractivity contribution in [2.45, 2.75) is 32.9 Å². The fourth-order valence-electron chi connectivity index (χ4n) is 2.79. The van der Waals surface area contributed by atoms with Crippen LogP contribution in [-0.4, -0.2) is 48.6 Å². The number of piperazine rings is 1. The molecule has 0 aromatic heterocycles. The van der Waals surface area contributed by atoms with E-state index in [0.29, 0.717) is 6.04 Å². The first-order chi connectivity index (χ1) is 9.20. The summed E-state index contributed by atoms with van der Waals surface area (Å²) in [6, 6.07) is 9.39. The van der Waals surface area contributed by atoms with Gasteiger partial charge in [-0.05, 0) is 37.9 Å². The zero-order chi connectivity index (χ0) is 13.7. The third kappa shape index (κ3) is 4.03. The van der Waals surface area contributed by atoms with Gasteiger partial charge in [-0.3, -0.25) is 9.80 Å². The highest BCUT2D eigenvalue weighted by atomic mass is 15.3. The van der Waals surface area contributed by atoms with Gasteiger partial charge in [-0.15, -0.1) is 0 Å². The van der Waals surface area contributed by atoms with Gasteiger partial charge in [0.05, 0.1) is 0 Å². The summed E-state index contributed by atoms with van der Waals surface area (Å²) in [5.41, 5.74) is 8.56. The number of rotatable bonds is 5. The summed E-state index contributed by atoms with van der Waals surface area (Å²) >= 11 is 0. The van der Waals surface area contributed by atoms with Crippen LogP contribution in [0.15, 0.2) is 24.3 Å². The maximum absolute atomic E-state index is 5.69. The molecule has 1 aromatic rings. The van der Waals surface area contributed by atoms with Crippen LogP contribution in [0, 0.1) is 0 Å². The molecule has 0 radical (unpaired) electrons. The molecule has 19 heavy (non-hydrogen) atoms. The SMILES string of the molecule is CC(C)N1CCN(Cc2ccccc2CCN)CC1. The Morgan fingerprint density at radius 1 is 1.05 bits per heavy atom. The molecule has 106 valence electrons. The highest BCUT2D eigenvalue weighted by molar-refractivity contribution is 5.27. The zero-order valence-corrected chi connectivity index (χ0v) is 12.3. The topological polar surface area (TPSA) is 32.5 Å². The highest BCUT2D eigenvalue weighted by Crippen LogP contribution is 2.14.